The number of thiophene rings is 1. The zero-order valence-electron chi connectivity index (χ0n) is 16.0. The molecule has 0 saturated carbocycles. The molecule has 0 aliphatic carbocycles. The monoisotopic (exact) mass is 389 g/mol. The molecule has 1 aromatic carbocycles. The van der Waals surface area contributed by atoms with Gasteiger partial charge in [0.2, 0.25) is 0 Å². The summed E-state index contributed by atoms with van der Waals surface area (Å²) in [7, 11) is 0. The molecule has 1 N–H and O–H groups in total. The van der Waals surface area contributed by atoms with Crippen molar-refractivity contribution in [3.63, 3.8) is 0 Å². The first-order chi connectivity index (χ1) is 12.7. The lowest BCUT2D eigenvalue weighted by molar-refractivity contribution is 0.0378. The Hall–Kier alpha value is -2.67. The Morgan fingerprint density at radius 1 is 0.926 bits per heavy atom. The standard InChI is InChI=1S/C20H23NO5S/c1-11(2)25-19(23)15-13(5)16(20(24)26-12(3)4)27-18(15)21-17(22)14-9-7-6-8-10-14/h6-12H,1-5H3,(H,21,22). The van der Waals surface area contributed by atoms with E-state index < -0.39 is 11.9 Å². The highest BCUT2D eigenvalue weighted by Gasteiger charge is 2.28. The molecule has 0 radical (unpaired) electrons. The van der Waals surface area contributed by atoms with Gasteiger partial charge in [-0.3, -0.25) is 4.79 Å². The molecule has 144 valence electrons. The Balaban J connectivity index is 2.42. The minimum absolute atomic E-state index is 0.175. The highest BCUT2D eigenvalue weighted by Crippen LogP contribution is 2.35. The van der Waals surface area contributed by atoms with E-state index in [1.165, 1.54) is 0 Å². The third-order valence-electron chi connectivity index (χ3n) is 3.48. The summed E-state index contributed by atoms with van der Waals surface area (Å²) in [6.45, 7) is 8.59. The third-order valence-corrected chi connectivity index (χ3v) is 4.67. The number of benzene rings is 1. The molecule has 2 aromatic rings. The number of carbonyl (C=O) groups is 3. The van der Waals surface area contributed by atoms with Crippen LogP contribution >= 0.6 is 11.3 Å². The van der Waals surface area contributed by atoms with E-state index in [9.17, 15) is 14.4 Å². The summed E-state index contributed by atoms with van der Waals surface area (Å²) in [5, 5.41) is 2.99. The minimum atomic E-state index is -0.592. The molecule has 0 unspecified atom stereocenters. The number of anilines is 1. The molecule has 27 heavy (non-hydrogen) atoms. The van der Waals surface area contributed by atoms with Crippen molar-refractivity contribution in [3.05, 3.63) is 51.9 Å². The number of hydrogen-bond acceptors (Lipinski definition) is 6. The van der Waals surface area contributed by atoms with E-state index in [0.717, 1.165) is 11.3 Å². The Morgan fingerprint density at radius 3 is 2.04 bits per heavy atom. The molecule has 0 aliphatic rings. The second-order valence-corrected chi connectivity index (χ2v) is 7.51. The van der Waals surface area contributed by atoms with Gasteiger partial charge < -0.3 is 14.8 Å². The summed E-state index contributed by atoms with van der Waals surface area (Å²) in [6.07, 6.45) is -0.632. The molecule has 1 aromatic heterocycles. The highest BCUT2D eigenvalue weighted by atomic mass is 32.1. The second kappa shape index (κ2) is 8.81. The van der Waals surface area contributed by atoms with Gasteiger partial charge in [-0.05, 0) is 52.3 Å². The van der Waals surface area contributed by atoms with Crippen LogP contribution in [0.2, 0.25) is 0 Å². The number of esters is 2. The van der Waals surface area contributed by atoms with Gasteiger partial charge in [0, 0.05) is 5.56 Å². The van der Waals surface area contributed by atoms with Crippen molar-refractivity contribution in [2.45, 2.75) is 46.8 Å². The summed E-state index contributed by atoms with van der Waals surface area (Å²) in [5.74, 6) is -1.50. The van der Waals surface area contributed by atoms with Crippen molar-refractivity contribution in [2.75, 3.05) is 5.32 Å². The van der Waals surface area contributed by atoms with Crippen LogP contribution in [0.3, 0.4) is 0 Å². The Labute approximate surface area is 162 Å². The maximum absolute atomic E-state index is 12.6. The minimum Gasteiger partial charge on any atom is -0.459 e. The fourth-order valence-corrected chi connectivity index (χ4v) is 3.42. The van der Waals surface area contributed by atoms with Gasteiger partial charge >= 0.3 is 11.9 Å². The Morgan fingerprint density at radius 2 is 1.48 bits per heavy atom. The number of ether oxygens (including phenoxy) is 2. The number of carbonyl (C=O) groups excluding carboxylic acids is 3. The number of rotatable bonds is 6. The van der Waals surface area contributed by atoms with Crippen molar-refractivity contribution < 1.29 is 23.9 Å². The normalized spacial score (nSPS) is 10.8. The lowest BCUT2D eigenvalue weighted by Crippen LogP contribution is -2.17. The average molecular weight is 389 g/mol. The fraction of sp³-hybridized carbons (Fsp3) is 0.350. The van der Waals surface area contributed by atoms with Gasteiger partial charge in [0.1, 0.15) is 9.88 Å². The molecule has 0 bridgehead atoms. The molecule has 7 heteroatoms. The highest BCUT2D eigenvalue weighted by molar-refractivity contribution is 7.18. The summed E-state index contributed by atoms with van der Waals surface area (Å²) in [6, 6.07) is 8.62. The van der Waals surface area contributed by atoms with Gasteiger partial charge in [-0.25, -0.2) is 9.59 Å². The molecule has 0 spiro atoms. The van der Waals surface area contributed by atoms with Crippen molar-refractivity contribution in [1.82, 2.24) is 0 Å². The first kappa shape index (κ1) is 20.6. The van der Waals surface area contributed by atoms with Gasteiger partial charge in [0.15, 0.2) is 0 Å². The van der Waals surface area contributed by atoms with Crippen LogP contribution in [0.1, 0.15) is 63.6 Å². The molecule has 0 atom stereocenters. The number of amides is 1. The SMILES string of the molecule is Cc1c(C(=O)OC(C)C)sc(NC(=O)c2ccccc2)c1C(=O)OC(C)C. The predicted octanol–water partition coefficient (Wildman–Crippen LogP) is 4.44. The molecular formula is C20H23NO5S. The summed E-state index contributed by atoms with van der Waals surface area (Å²) in [5.41, 5.74) is 1.05. The van der Waals surface area contributed by atoms with Gasteiger partial charge in [-0.2, -0.15) is 0 Å². The molecule has 2 rings (SSSR count). The maximum atomic E-state index is 12.6. The fourth-order valence-electron chi connectivity index (χ4n) is 2.35. The van der Waals surface area contributed by atoms with Crippen LogP contribution in [-0.2, 0) is 9.47 Å². The van der Waals surface area contributed by atoms with Gasteiger partial charge in [-0.1, -0.05) is 18.2 Å². The molecule has 0 saturated heterocycles. The summed E-state index contributed by atoms with van der Waals surface area (Å²) in [4.78, 5) is 37.7. The second-order valence-electron chi connectivity index (χ2n) is 6.49. The van der Waals surface area contributed by atoms with E-state index in [0.29, 0.717) is 11.1 Å². The number of nitrogens with one attached hydrogen (secondary N) is 1. The van der Waals surface area contributed by atoms with Gasteiger partial charge in [-0.15, -0.1) is 11.3 Å². The van der Waals surface area contributed by atoms with Crippen molar-refractivity contribution in [3.8, 4) is 0 Å². The quantitative estimate of drug-likeness (QED) is 0.739. The average Bonchev–Trinajstić information content (AvgIpc) is 2.90. The van der Waals surface area contributed by atoms with E-state index in [1.54, 1.807) is 65.0 Å². The van der Waals surface area contributed by atoms with Crippen LogP contribution < -0.4 is 5.32 Å². The first-order valence-corrected chi connectivity index (χ1v) is 9.44. The molecule has 0 fully saturated rings. The van der Waals surface area contributed by atoms with E-state index in [1.807, 2.05) is 0 Å². The topological polar surface area (TPSA) is 81.7 Å². The Bertz CT molecular complexity index is 840. The lowest BCUT2D eigenvalue weighted by Gasteiger charge is -2.10. The third kappa shape index (κ3) is 5.17. The summed E-state index contributed by atoms with van der Waals surface area (Å²) >= 11 is 1.01. The van der Waals surface area contributed by atoms with E-state index >= 15 is 0 Å². The van der Waals surface area contributed by atoms with Crippen molar-refractivity contribution >= 4 is 34.2 Å². The zero-order chi connectivity index (χ0) is 20.1. The van der Waals surface area contributed by atoms with E-state index in [4.69, 9.17) is 9.47 Å². The van der Waals surface area contributed by atoms with Crippen LogP contribution in [0.25, 0.3) is 0 Å². The molecule has 0 aliphatic heterocycles. The largest absolute Gasteiger partial charge is 0.459 e. The molecule has 6 nitrogen and oxygen atoms in total. The Kier molecular flexibility index (Phi) is 6.74. The lowest BCUT2D eigenvalue weighted by atomic mass is 10.1. The van der Waals surface area contributed by atoms with Crippen molar-refractivity contribution in [2.24, 2.45) is 0 Å². The predicted molar refractivity (Wildman–Crippen MR) is 105 cm³/mol. The smallest absolute Gasteiger partial charge is 0.348 e. The van der Waals surface area contributed by atoms with Crippen LogP contribution in [-0.4, -0.2) is 30.1 Å². The molecule has 1 heterocycles. The van der Waals surface area contributed by atoms with Gasteiger partial charge in [0.25, 0.3) is 5.91 Å². The molecular weight excluding hydrogens is 366 g/mol. The zero-order valence-corrected chi connectivity index (χ0v) is 16.8. The van der Waals surface area contributed by atoms with Crippen LogP contribution in [0.5, 0.6) is 0 Å². The maximum Gasteiger partial charge on any atom is 0.348 e. The van der Waals surface area contributed by atoms with Crippen molar-refractivity contribution in [1.29, 1.82) is 0 Å². The van der Waals surface area contributed by atoms with E-state index in [-0.39, 0.29) is 33.6 Å². The first-order valence-electron chi connectivity index (χ1n) is 8.62. The van der Waals surface area contributed by atoms with Crippen LogP contribution in [0, 0.1) is 6.92 Å². The van der Waals surface area contributed by atoms with Crippen LogP contribution in [0.15, 0.2) is 30.3 Å². The number of hydrogen-bond donors (Lipinski definition) is 1. The van der Waals surface area contributed by atoms with Crippen LogP contribution in [0.4, 0.5) is 5.00 Å². The van der Waals surface area contributed by atoms with Gasteiger partial charge in [0.05, 0.1) is 17.8 Å². The molecule has 1 amide bonds. The summed E-state index contributed by atoms with van der Waals surface area (Å²) < 4.78 is 10.5. The van der Waals surface area contributed by atoms with E-state index in [2.05, 4.69) is 5.32 Å².